The topological polar surface area (TPSA) is 105 Å². The van der Waals surface area contributed by atoms with Crippen LogP contribution in [0.2, 0.25) is 0 Å². The Kier molecular flexibility index (Phi) is 3.37. The summed E-state index contributed by atoms with van der Waals surface area (Å²) < 4.78 is 0. The van der Waals surface area contributed by atoms with Crippen molar-refractivity contribution in [1.82, 2.24) is 4.98 Å². The maximum absolute atomic E-state index is 11.0. The van der Waals surface area contributed by atoms with E-state index < -0.39 is 10.9 Å². The number of nitro groups is 1. The number of nitrogens with zero attached hydrogens (tertiary/aromatic N) is 2. The highest BCUT2D eigenvalue weighted by Gasteiger charge is 2.12. The minimum Gasteiger partial charge on any atom is -0.478 e. The summed E-state index contributed by atoms with van der Waals surface area (Å²) in [5.41, 5.74) is 0.308. The lowest BCUT2D eigenvalue weighted by Crippen LogP contribution is -2.04. The molecule has 2 N–H and O–H groups in total. The third-order valence-electron chi connectivity index (χ3n) is 2.36. The van der Waals surface area contributed by atoms with E-state index in [2.05, 4.69) is 10.3 Å². The van der Waals surface area contributed by atoms with Gasteiger partial charge in [-0.05, 0) is 18.2 Å². The summed E-state index contributed by atoms with van der Waals surface area (Å²) >= 11 is 0. The summed E-state index contributed by atoms with van der Waals surface area (Å²) in [6.07, 6.45) is 1.44. The molecule has 0 atom stereocenters. The number of rotatable bonds is 4. The lowest BCUT2D eigenvalue weighted by molar-refractivity contribution is -0.384. The van der Waals surface area contributed by atoms with Crippen molar-refractivity contribution in [2.75, 3.05) is 5.32 Å². The van der Waals surface area contributed by atoms with Crippen LogP contribution < -0.4 is 5.32 Å². The molecule has 7 nitrogen and oxygen atoms in total. The van der Waals surface area contributed by atoms with E-state index in [4.69, 9.17) is 5.11 Å². The molecule has 0 amide bonds. The fourth-order valence-electron chi connectivity index (χ4n) is 1.51. The zero-order valence-corrected chi connectivity index (χ0v) is 9.61. The van der Waals surface area contributed by atoms with Crippen molar-refractivity contribution in [1.29, 1.82) is 0 Å². The molecule has 1 heterocycles. The number of aromatic nitrogens is 1. The Balaban J connectivity index is 2.34. The minimum absolute atomic E-state index is 0.00555. The second-order valence-electron chi connectivity index (χ2n) is 3.64. The van der Waals surface area contributed by atoms with Gasteiger partial charge in [-0.2, -0.15) is 0 Å². The van der Waals surface area contributed by atoms with E-state index in [9.17, 15) is 14.9 Å². The quantitative estimate of drug-likeness (QED) is 0.645. The van der Waals surface area contributed by atoms with Gasteiger partial charge in [-0.1, -0.05) is 6.07 Å². The number of pyridine rings is 1. The van der Waals surface area contributed by atoms with E-state index in [1.54, 1.807) is 6.07 Å². The van der Waals surface area contributed by atoms with Crippen LogP contribution in [-0.4, -0.2) is 21.0 Å². The molecule has 0 saturated heterocycles. The molecule has 7 heteroatoms. The Morgan fingerprint density at radius 3 is 2.79 bits per heavy atom. The third kappa shape index (κ3) is 2.83. The molecule has 2 rings (SSSR count). The molecule has 0 radical (unpaired) electrons. The van der Waals surface area contributed by atoms with Gasteiger partial charge in [0.1, 0.15) is 11.4 Å². The fourth-order valence-corrected chi connectivity index (χ4v) is 1.51. The van der Waals surface area contributed by atoms with Gasteiger partial charge in [-0.3, -0.25) is 10.1 Å². The Morgan fingerprint density at radius 1 is 1.32 bits per heavy atom. The zero-order valence-electron chi connectivity index (χ0n) is 9.61. The summed E-state index contributed by atoms with van der Waals surface area (Å²) in [5.74, 6) is -0.989. The number of benzene rings is 1. The Morgan fingerprint density at radius 2 is 2.11 bits per heavy atom. The maximum atomic E-state index is 11.0. The number of nitrogens with one attached hydrogen (secondary N) is 1. The van der Waals surface area contributed by atoms with Gasteiger partial charge in [0.25, 0.3) is 5.69 Å². The number of non-ortho nitro benzene ring substituents is 1. The molecule has 19 heavy (non-hydrogen) atoms. The monoisotopic (exact) mass is 259 g/mol. The van der Waals surface area contributed by atoms with Crippen molar-refractivity contribution in [3.63, 3.8) is 0 Å². The number of aromatic carboxylic acids is 1. The van der Waals surface area contributed by atoms with Crippen LogP contribution >= 0.6 is 0 Å². The van der Waals surface area contributed by atoms with E-state index >= 15 is 0 Å². The normalized spacial score (nSPS) is 9.89. The molecule has 96 valence electrons. The van der Waals surface area contributed by atoms with Gasteiger partial charge in [-0.25, -0.2) is 9.78 Å². The number of carboxylic acids is 1. The first kappa shape index (κ1) is 12.5. The SMILES string of the molecule is O=C(O)c1cccnc1Nc1cccc([N+](=O)[O-])c1. The average Bonchev–Trinajstić information content (AvgIpc) is 2.39. The van der Waals surface area contributed by atoms with Crippen LogP contribution in [0, 0.1) is 10.1 Å². The first-order chi connectivity index (χ1) is 9.08. The Labute approximate surface area is 107 Å². The van der Waals surface area contributed by atoms with E-state index in [0.717, 1.165) is 0 Å². The van der Waals surface area contributed by atoms with Gasteiger partial charge in [-0.15, -0.1) is 0 Å². The van der Waals surface area contributed by atoms with Gasteiger partial charge in [0.2, 0.25) is 0 Å². The van der Waals surface area contributed by atoms with Gasteiger partial charge < -0.3 is 10.4 Å². The molecule has 1 aromatic carbocycles. The molecular formula is C12H9N3O4. The molecule has 0 aliphatic rings. The van der Waals surface area contributed by atoms with Gasteiger partial charge >= 0.3 is 5.97 Å². The lowest BCUT2D eigenvalue weighted by Gasteiger charge is -2.07. The van der Waals surface area contributed by atoms with Crippen molar-refractivity contribution >= 4 is 23.2 Å². The van der Waals surface area contributed by atoms with E-state index in [-0.39, 0.29) is 17.1 Å². The summed E-state index contributed by atoms with van der Waals surface area (Å²) in [6, 6.07) is 8.65. The average molecular weight is 259 g/mol. The molecular weight excluding hydrogens is 250 g/mol. The third-order valence-corrected chi connectivity index (χ3v) is 2.36. The molecule has 2 aromatic rings. The Hall–Kier alpha value is -2.96. The second-order valence-corrected chi connectivity index (χ2v) is 3.64. The molecule has 0 saturated carbocycles. The molecule has 0 bridgehead atoms. The standard InChI is InChI=1S/C12H9N3O4/c16-12(17)10-5-2-6-13-11(10)14-8-3-1-4-9(7-8)15(18)19/h1-7H,(H,13,14)(H,16,17). The lowest BCUT2D eigenvalue weighted by atomic mass is 10.2. The van der Waals surface area contributed by atoms with Crippen LogP contribution in [0.25, 0.3) is 0 Å². The van der Waals surface area contributed by atoms with Crippen LogP contribution in [0.1, 0.15) is 10.4 Å². The maximum Gasteiger partial charge on any atom is 0.339 e. The largest absolute Gasteiger partial charge is 0.478 e. The van der Waals surface area contributed by atoms with E-state index in [1.165, 1.54) is 36.5 Å². The van der Waals surface area contributed by atoms with Gasteiger partial charge in [0.05, 0.1) is 4.92 Å². The summed E-state index contributed by atoms with van der Waals surface area (Å²) in [5, 5.41) is 22.4. The first-order valence-corrected chi connectivity index (χ1v) is 5.28. The highest BCUT2D eigenvalue weighted by atomic mass is 16.6. The number of carbonyl (C=O) groups is 1. The molecule has 0 unspecified atom stereocenters. The summed E-state index contributed by atoms with van der Waals surface area (Å²) in [7, 11) is 0. The van der Waals surface area contributed by atoms with Crippen LogP contribution in [0.4, 0.5) is 17.2 Å². The number of hydrogen-bond acceptors (Lipinski definition) is 5. The Bertz CT molecular complexity index is 642. The predicted molar refractivity (Wildman–Crippen MR) is 67.6 cm³/mol. The number of anilines is 2. The van der Waals surface area contributed by atoms with Gasteiger partial charge in [0.15, 0.2) is 0 Å². The first-order valence-electron chi connectivity index (χ1n) is 5.28. The van der Waals surface area contributed by atoms with Crippen molar-refractivity contribution in [3.05, 3.63) is 58.3 Å². The van der Waals surface area contributed by atoms with Gasteiger partial charge in [0, 0.05) is 24.0 Å². The van der Waals surface area contributed by atoms with Crippen molar-refractivity contribution in [3.8, 4) is 0 Å². The molecule has 0 aliphatic heterocycles. The molecule has 1 aromatic heterocycles. The van der Waals surface area contributed by atoms with Crippen LogP contribution in [0.5, 0.6) is 0 Å². The number of carboxylic acid groups (broad SMARTS) is 1. The summed E-state index contributed by atoms with van der Waals surface area (Å²) in [4.78, 5) is 25.0. The van der Waals surface area contributed by atoms with Crippen LogP contribution in [0.15, 0.2) is 42.6 Å². The second kappa shape index (κ2) is 5.13. The van der Waals surface area contributed by atoms with Crippen molar-refractivity contribution in [2.24, 2.45) is 0 Å². The van der Waals surface area contributed by atoms with Crippen molar-refractivity contribution in [2.45, 2.75) is 0 Å². The smallest absolute Gasteiger partial charge is 0.339 e. The molecule has 0 spiro atoms. The summed E-state index contributed by atoms with van der Waals surface area (Å²) in [6.45, 7) is 0. The zero-order chi connectivity index (χ0) is 13.8. The highest BCUT2D eigenvalue weighted by molar-refractivity contribution is 5.93. The number of hydrogen-bond donors (Lipinski definition) is 2. The highest BCUT2D eigenvalue weighted by Crippen LogP contribution is 2.22. The fraction of sp³-hybridized carbons (Fsp3) is 0. The van der Waals surface area contributed by atoms with Crippen LogP contribution in [0.3, 0.4) is 0 Å². The molecule has 0 aliphatic carbocycles. The van der Waals surface area contributed by atoms with Crippen LogP contribution in [-0.2, 0) is 0 Å². The minimum atomic E-state index is -1.12. The van der Waals surface area contributed by atoms with E-state index in [1.807, 2.05) is 0 Å². The van der Waals surface area contributed by atoms with E-state index in [0.29, 0.717) is 5.69 Å². The van der Waals surface area contributed by atoms with Crippen molar-refractivity contribution < 1.29 is 14.8 Å². The number of nitro benzene ring substituents is 1. The molecule has 0 fully saturated rings. The predicted octanol–water partition coefficient (Wildman–Crippen LogP) is 2.43.